The van der Waals surface area contributed by atoms with Gasteiger partial charge in [-0.2, -0.15) is 18.4 Å². The van der Waals surface area contributed by atoms with Gasteiger partial charge in [-0.15, -0.1) is 0 Å². The molecule has 0 bridgehead atoms. The van der Waals surface area contributed by atoms with Crippen LogP contribution in [0, 0.1) is 11.3 Å². The Labute approximate surface area is 189 Å². The molecule has 0 radical (unpaired) electrons. The number of nitriles is 1. The average molecular weight is 463 g/mol. The van der Waals surface area contributed by atoms with E-state index < -0.39 is 23.3 Å². The SMILES string of the molecule is COc1ccc(CC(=O)N2CCN(c3ccc(C#N)c(C(F)(F)F)c3)C(CO)C2)cc1OC. The summed E-state index contributed by atoms with van der Waals surface area (Å²) in [6, 6.07) is 9.63. The van der Waals surface area contributed by atoms with Crippen molar-refractivity contribution in [1.82, 2.24) is 4.90 Å². The molecule has 10 heteroatoms. The van der Waals surface area contributed by atoms with Crippen LogP contribution >= 0.6 is 0 Å². The predicted molar refractivity (Wildman–Crippen MR) is 114 cm³/mol. The lowest BCUT2D eigenvalue weighted by atomic mass is 10.0. The number of alkyl halides is 3. The van der Waals surface area contributed by atoms with E-state index in [2.05, 4.69) is 0 Å². The minimum Gasteiger partial charge on any atom is -0.493 e. The first-order valence-electron chi connectivity index (χ1n) is 10.2. The minimum absolute atomic E-state index is 0.105. The first-order valence-corrected chi connectivity index (χ1v) is 10.2. The van der Waals surface area contributed by atoms with Crippen molar-refractivity contribution in [3.63, 3.8) is 0 Å². The molecule has 33 heavy (non-hydrogen) atoms. The highest BCUT2D eigenvalue weighted by Crippen LogP contribution is 2.35. The number of halogens is 3. The summed E-state index contributed by atoms with van der Waals surface area (Å²) in [5, 5.41) is 18.9. The van der Waals surface area contributed by atoms with E-state index in [-0.39, 0.29) is 44.3 Å². The van der Waals surface area contributed by atoms with Gasteiger partial charge < -0.3 is 24.4 Å². The quantitative estimate of drug-likeness (QED) is 0.709. The molecule has 7 nitrogen and oxygen atoms in total. The maximum Gasteiger partial charge on any atom is 0.417 e. The molecule has 1 amide bonds. The third-order valence-corrected chi connectivity index (χ3v) is 5.61. The van der Waals surface area contributed by atoms with Crippen molar-refractivity contribution < 1.29 is 32.5 Å². The first-order chi connectivity index (χ1) is 15.7. The number of rotatable bonds is 6. The Bertz CT molecular complexity index is 1050. The number of amides is 1. The number of aliphatic hydroxyl groups excluding tert-OH is 1. The molecule has 1 unspecified atom stereocenters. The number of benzene rings is 2. The molecular weight excluding hydrogens is 439 g/mol. The normalized spacial score (nSPS) is 16.3. The van der Waals surface area contributed by atoms with Crippen molar-refractivity contribution in [3.8, 4) is 17.6 Å². The van der Waals surface area contributed by atoms with Crippen LogP contribution in [0.3, 0.4) is 0 Å². The van der Waals surface area contributed by atoms with E-state index in [9.17, 15) is 23.1 Å². The first kappa shape index (κ1) is 24.2. The van der Waals surface area contributed by atoms with Gasteiger partial charge in [0.25, 0.3) is 0 Å². The molecule has 1 fully saturated rings. The zero-order valence-electron chi connectivity index (χ0n) is 18.2. The Morgan fingerprint density at radius 2 is 1.88 bits per heavy atom. The van der Waals surface area contributed by atoms with E-state index in [0.29, 0.717) is 11.5 Å². The van der Waals surface area contributed by atoms with Gasteiger partial charge in [-0.1, -0.05) is 6.07 Å². The molecule has 1 heterocycles. The summed E-state index contributed by atoms with van der Waals surface area (Å²) in [4.78, 5) is 16.1. The van der Waals surface area contributed by atoms with Crippen LogP contribution in [-0.4, -0.2) is 62.4 Å². The summed E-state index contributed by atoms with van der Waals surface area (Å²) < 4.78 is 50.5. The van der Waals surface area contributed by atoms with Crippen molar-refractivity contribution in [3.05, 3.63) is 53.1 Å². The largest absolute Gasteiger partial charge is 0.493 e. The summed E-state index contributed by atoms with van der Waals surface area (Å²) in [5.74, 6) is 0.876. The van der Waals surface area contributed by atoms with Gasteiger partial charge in [0.05, 0.1) is 50.5 Å². The minimum atomic E-state index is -4.67. The molecule has 0 aromatic heterocycles. The van der Waals surface area contributed by atoms with Crippen molar-refractivity contribution in [2.45, 2.75) is 18.6 Å². The van der Waals surface area contributed by atoms with Crippen LogP contribution in [0.1, 0.15) is 16.7 Å². The lowest BCUT2D eigenvalue weighted by molar-refractivity contribution is -0.137. The molecule has 1 aliphatic rings. The maximum atomic E-state index is 13.3. The van der Waals surface area contributed by atoms with Gasteiger partial charge in [-0.3, -0.25) is 4.79 Å². The molecule has 2 aromatic carbocycles. The van der Waals surface area contributed by atoms with Gasteiger partial charge in [-0.05, 0) is 35.9 Å². The topological polar surface area (TPSA) is 86.0 Å². The van der Waals surface area contributed by atoms with Crippen LogP contribution < -0.4 is 14.4 Å². The highest BCUT2D eigenvalue weighted by molar-refractivity contribution is 5.79. The molecule has 1 atom stereocenters. The second-order valence-corrected chi connectivity index (χ2v) is 7.58. The molecule has 0 spiro atoms. The van der Waals surface area contributed by atoms with E-state index in [1.54, 1.807) is 34.1 Å². The van der Waals surface area contributed by atoms with Gasteiger partial charge in [0, 0.05) is 25.3 Å². The Hall–Kier alpha value is -3.45. The number of nitrogens with zero attached hydrogens (tertiary/aromatic N) is 3. The van der Waals surface area contributed by atoms with E-state index in [0.717, 1.165) is 17.7 Å². The van der Waals surface area contributed by atoms with Gasteiger partial charge in [0.2, 0.25) is 5.91 Å². The molecule has 2 aromatic rings. The van der Waals surface area contributed by atoms with Gasteiger partial charge >= 0.3 is 6.18 Å². The van der Waals surface area contributed by atoms with E-state index in [4.69, 9.17) is 14.7 Å². The second-order valence-electron chi connectivity index (χ2n) is 7.58. The van der Waals surface area contributed by atoms with Crippen LogP contribution in [0.2, 0.25) is 0 Å². The number of carbonyl (C=O) groups is 1. The third kappa shape index (κ3) is 5.31. The van der Waals surface area contributed by atoms with Gasteiger partial charge in [-0.25, -0.2) is 0 Å². The van der Waals surface area contributed by atoms with E-state index >= 15 is 0 Å². The van der Waals surface area contributed by atoms with Crippen LogP contribution in [0.15, 0.2) is 36.4 Å². The Kier molecular flexibility index (Phi) is 7.33. The van der Waals surface area contributed by atoms with Crippen molar-refractivity contribution in [2.24, 2.45) is 0 Å². The fraction of sp³-hybridized carbons (Fsp3) is 0.391. The van der Waals surface area contributed by atoms with Crippen molar-refractivity contribution >= 4 is 11.6 Å². The van der Waals surface area contributed by atoms with Gasteiger partial charge in [0.1, 0.15) is 0 Å². The summed E-state index contributed by atoms with van der Waals surface area (Å²) in [6.45, 7) is 0.335. The third-order valence-electron chi connectivity index (χ3n) is 5.61. The predicted octanol–water partition coefficient (Wildman–Crippen LogP) is 2.85. The highest BCUT2D eigenvalue weighted by atomic mass is 19.4. The lowest BCUT2D eigenvalue weighted by Gasteiger charge is -2.42. The lowest BCUT2D eigenvalue weighted by Crippen LogP contribution is -2.56. The molecule has 3 rings (SSSR count). The Balaban J connectivity index is 1.75. The number of piperazine rings is 1. The smallest absolute Gasteiger partial charge is 0.417 e. The monoisotopic (exact) mass is 463 g/mol. The molecule has 0 saturated carbocycles. The van der Waals surface area contributed by atoms with Gasteiger partial charge in [0.15, 0.2) is 11.5 Å². The molecule has 1 N–H and O–H groups in total. The van der Waals surface area contributed by atoms with Crippen LogP contribution in [0.25, 0.3) is 0 Å². The molecule has 176 valence electrons. The summed E-state index contributed by atoms with van der Waals surface area (Å²) in [5.41, 5.74) is -0.517. The highest BCUT2D eigenvalue weighted by Gasteiger charge is 2.36. The van der Waals surface area contributed by atoms with E-state index in [1.165, 1.54) is 20.3 Å². The number of hydrogen-bond acceptors (Lipinski definition) is 6. The number of carbonyl (C=O) groups excluding carboxylic acids is 1. The van der Waals surface area contributed by atoms with Crippen LogP contribution in [0.4, 0.5) is 18.9 Å². The standard InChI is InChI=1S/C23H24F3N3O4/c1-32-20-6-3-15(9-21(20)33-2)10-22(31)28-7-8-29(18(13-28)14-30)17-5-4-16(12-27)19(11-17)23(24,25)26/h3-6,9,11,18,30H,7-8,10,13-14H2,1-2H3. The zero-order valence-corrected chi connectivity index (χ0v) is 18.2. The van der Waals surface area contributed by atoms with E-state index in [1.807, 2.05) is 0 Å². The summed E-state index contributed by atoms with van der Waals surface area (Å²) >= 11 is 0. The number of methoxy groups -OCH3 is 2. The van der Waals surface area contributed by atoms with Crippen molar-refractivity contribution in [2.75, 3.05) is 45.4 Å². The summed E-state index contributed by atoms with van der Waals surface area (Å²) in [6.07, 6.45) is -4.57. The zero-order chi connectivity index (χ0) is 24.2. The van der Waals surface area contributed by atoms with Crippen molar-refractivity contribution in [1.29, 1.82) is 5.26 Å². The molecule has 1 saturated heterocycles. The van der Waals surface area contributed by atoms with Crippen LogP contribution in [0.5, 0.6) is 11.5 Å². The fourth-order valence-corrected chi connectivity index (χ4v) is 3.90. The number of hydrogen-bond donors (Lipinski definition) is 1. The maximum absolute atomic E-state index is 13.3. The second kappa shape index (κ2) is 10.0. The molecular formula is C23H24F3N3O4. The summed E-state index contributed by atoms with van der Waals surface area (Å²) in [7, 11) is 3.02. The Morgan fingerprint density at radius 3 is 2.48 bits per heavy atom. The number of anilines is 1. The number of aliphatic hydroxyl groups is 1. The molecule has 0 aliphatic carbocycles. The average Bonchev–Trinajstić information content (AvgIpc) is 2.82. The van der Waals surface area contributed by atoms with Crippen LogP contribution in [-0.2, 0) is 17.4 Å². The molecule has 1 aliphatic heterocycles. The fourth-order valence-electron chi connectivity index (χ4n) is 3.90. The Morgan fingerprint density at radius 1 is 1.15 bits per heavy atom. The number of ether oxygens (including phenoxy) is 2.